The summed E-state index contributed by atoms with van der Waals surface area (Å²) in [6.07, 6.45) is 3.84. The second-order valence-electron chi connectivity index (χ2n) is 7.87. The Morgan fingerprint density at radius 2 is 2.10 bits per heavy atom. The Morgan fingerprint density at radius 1 is 1.32 bits per heavy atom. The molecular weight excluding hydrogens is 412 g/mol. The summed E-state index contributed by atoms with van der Waals surface area (Å²) in [5.41, 5.74) is 2.30. The zero-order valence-electron chi connectivity index (χ0n) is 18.0. The third kappa shape index (κ3) is 5.26. The summed E-state index contributed by atoms with van der Waals surface area (Å²) in [6, 6.07) is 5.76. The van der Waals surface area contributed by atoms with Crippen molar-refractivity contribution >= 4 is 22.4 Å². The molecule has 4 rings (SSSR count). The van der Waals surface area contributed by atoms with Gasteiger partial charge in [0, 0.05) is 55.3 Å². The minimum absolute atomic E-state index is 0.0466. The smallest absolute Gasteiger partial charge is 0.251 e. The molecule has 8 heteroatoms. The fourth-order valence-corrected chi connectivity index (χ4v) is 4.93. The summed E-state index contributed by atoms with van der Waals surface area (Å²) < 4.78 is 11.0. The van der Waals surface area contributed by atoms with Gasteiger partial charge in [0.25, 0.3) is 5.91 Å². The van der Waals surface area contributed by atoms with E-state index in [-0.39, 0.29) is 11.9 Å². The number of morpholine rings is 1. The van der Waals surface area contributed by atoms with Crippen molar-refractivity contribution in [3.63, 3.8) is 0 Å². The summed E-state index contributed by atoms with van der Waals surface area (Å²) in [7, 11) is 1.64. The van der Waals surface area contributed by atoms with Crippen LogP contribution in [-0.2, 0) is 4.74 Å². The van der Waals surface area contributed by atoms with E-state index in [4.69, 9.17) is 14.5 Å². The van der Waals surface area contributed by atoms with Crippen molar-refractivity contribution in [1.82, 2.24) is 15.2 Å². The number of piperidine rings is 1. The van der Waals surface area contributed by atoms with Gasteiger partial charge in [-0.3, -0.25) is 9.69 Å². The summed E-state index contributed by atoms with van der Waals surface area (Å²) in [5, 5.41) is 6.20. The molecule has 0 atom stereocenters. The summed E-state index contributed by atoms with van der Waals surface area (Å²) in [4.78, 5) is 22.3. The second-order valence-corrected chi connectivity index (χ2v) is 8.70. The fraction of sp³-hybridized carbons (Fsp3) is 0.478. The number of carbonyl (C=O) groups is 1. The van der Waals surface area contributed by atoms with Gasteiger partial charge in [0.15, 0.2) is 5.13 Å². The first-order chi connectivity index (χ1) is 15.2. The van der Waals surface area contributed by atoms with Gasteiger partial charge in [-0.15, -0.1) is 17.9 Å². The van der Waals surface area contributed by atoms with E-state index >= 15 is 0 Å². The molecule has 0 bridgehead atoms. The molecule has 3 heterocycles. The standard InChI is InChI=1S/C23H30N4O3S/c1-3-8-26-9-6-18(7-10-26)24-22(28)17-4-5-21(29-2)19(15-17)20-16-31-23(25-20)27-11-13-30-14-12-27/h3-5,15-16,18H,1,6-14H2,2H3,(H,24,28). The quantitative estimate of drug-likeness (QED) is 0.665. The number of anilines is 1. The number of carbonyl (C=O) groups excluding carboxylic acids is 1. The number of benzene rings is 1. The van der Waals surface area contributed by atoms with Crippen molar-refractivity contribution in [3.05, 3.63) is 41.8 Å². The maximum atomic E-state index is 12.9. The van der Waals surface area contributed by atoms with E-state index in [1.54, 1.807) is 18.4 Å². The molecule has 0 spiro atoms. The Labute approximate surface area is 187 Å². The monoisotopic (exact) mass is 442 g/mol. The number of nitrogens with one attached hydrogen (secondary N) is 1. The molecule has 0 saturated carbocycles. The Kier molecular flexibility index (Phi) is 7.21. The van der Waals surface area contributed by atoms with E-state index in [0.29, 0.717) is 11.3 Å². The molecule has 1 aromatic heterocycles. The molecule has 2 saturated heterocycles. The van der Waals surface area contributed by atoms with Gasteiger partial charge in [-0.25, -0.2) is 4.98 Å². The number of thiazole rings is 1. The van der Waals surface area contributed by atoms with E-state index in [9.17, 15) is 4.79 Å². The third-order valence-corrected chi connectivity index (χ3v) is 6.72. The van der Waals surface area contributed by atoms with Gasteiger partial charge in [0.1, 0.15) is 5.75 Å². The average Bonchev–Trinajstić information content (AvgIpc) is 3.31. The van der Waals surface area contributed by atoms with Crippen molar-refractivity contribution in [2.24, 2.45) is 0 Å². The van der Waals surface area contributed by atoms with Crippen LogP contribution in [0.25, 0.3) is 11.3 Å². The Balaban J connectivity index is 1.47. The van der Waals surface area contributed by atoms with Gasteiger partial charge in [-0.1, -0.05) is 6.08 Å². The number of methoxy groups -OCH3 is 1. The zero-order valence-corrected chi connectivity index (χ0v) is 18.8. The summed E-state index contributed by atoms with van der Waals surface area (Å²) in [6.45, 7) is 9.80. The highest BCUT2D eigenvalue weighted by Crippen LogP contribution is 2.34. The van der Waals surface area contributed by atoms with E-state index in [1.807, 2.05) is 29.7 Å². The first kappa shape index (κ1) is 21.8. The molecule has 2 aliphatic heterocycles. The number of ether oxygens (including phenoxy) is 2. The molecule has 31 heavy (non-hydrogen) atoms. The molecule has 1 N–H and O–H groups in total. The Hall–Kier alpha value is -2.42. The van der Waals surface area contributed by atoms with Gasteiger partial charge in [0.05, 0.1) is 26.0 Å². The normalized spacial score (nSPS) is 18.0. The van der Waals surface area contributed by atoms with Crippen LogP contribution in [0.5, 0.6) is 5.75 Å². The van der Waals surface area contributed by atoms with Crippen LogP contribution >= 0.6 is 11.3 Å². The van der Waals surface area contributed by atoms with Gasteiger partial charge in [-0.05, 0) is 31.0 Å². The fourth-order valence-electron chi connectivity index (χ4n) is 4.05. The van der Waals surface area contributed by atoms with Gasteiger partial charge in [0.2, 0.25) is 0 Å². The van der Waals surface area contributed by atoms with E-state index in [2.05, 4.69) is 21.7 Å². The van der Waals surface area contributed by atoms with Crippen molar-refractivity contribution in [2.75, 3.05) is 57.9 Å². The lowest BCUT2D eigenvalue weighted by atomic mass is 10.0. The maximum absolute atomic E-state index is 12.9. The zero-order chi connectivity index (χ0) is 21.6. The molecular formula is C23H30N4O3S. The number of aromatic nitrogens is 1. The topological polar surface area (TPSA) is 66.9 Å². The predicted molar refractivity (Wildman–Crippen MR) is 124 cm³/mol. The molecule has 2 aliphatic rings. The van der Waals surface area contributed by atoms with Crippen molar-refractivity contribution < 1.29 is 14.3 Å². The SMILES string of the molecule is C=CCN1CCC(NC(=O)c2ccc(OC)c(-c3csc(N4CCOCC4)n3)c2)CC1. The lowest BCUT2D eigenvalue weighted by Crippen LogP contribution is -2.44. The molecule has 2 aromatic rings. The van der Waals surface area contributed by atoms with Gasteiger partial charge in [-0.2, -0.15) is 0 Å². The van der Waals surface area contributed by atoms with Crippen LogP contribution in [0, 0.1) is 0 Å². The molecule has 0 radical (unpaired) electrons. The van der Waals surface area contributed by atoms with Crippen LogP contribution in [-0.4, -0.2) is 74.9 Å². The van der Waals surface area contributed by atoms with Crippen LogP contribution in [0.3, 0.4) is 0 Å². The molecule has 1 aromatic carbocycles. The highest BCUT2D eigenvalue weighted by Gasteiger charge is 2.22. The minimum atomic E-state index is -0.0466. The summed E-state index contributed by atoms with van der Waals surface area (Å²) >= 11 is 1.61. The Bertz CT molecular complexity index is 902. The number of rotatable bonds is 7. The first-order valence-corrected chi connectivity index (χ1v) is 11.7. The van der Waals surface area contributed by atoms with E-state index < -0.39 is 0 Å². The molecule has 0 unspecified atom stereocenters. The molecule has 7 nitrogen and oxygen atoms in total. The second kappa shape index (κ2) is 10.3. The molecule has 0 aliphatic carbocycles. The van der Waals surface area contributed by atoms with Crippen molar-refractivity contribution in [3.8, 4) is 17.0 Å². The van der Waals surface area contributed by atoms with Crippen molar-refractivity contribution in [2.45, 2.75) is 18.9 Å². The number of amides is 1. The number of hydrogen-bond donors (Lipinski definition) is 1. The van der Waals surface area contributed by atoms with Crippen LogP contribution in [0.15, 0.2) is 36.2 Å². The van der Waals surface area contributed by atoms with Crippen LogP contribution in [0.1, 0.15) is 23.2 Å². The summed E-state index contributed by atoms with van der Waals surface area (Å²) in [5.74, 6) is 0.669. The molecule has 2 fully saturated rings. The molecule has 1 amide bonds. The van der Waals surface area contributed by atoms with Gasteiger partial charge < -0.3 is 19.7 Å². The highest BCUT2D eigenvalue weighted by atomic mass is 32.1. The number of nitrogens with zero attached hydrogens (tertiary/aromatic N) is 3. The highest BCUT2D eigenvalue weighted by molar-refractivity contribution is 7.14. The lowest BCUT2D eigenvalue weighted by molar-refractivity contribution is 0.0914. The van der Waals surface area contributed by atoms with E-state index in [1.165, 1.54) is 0 Å². The van der Waals surface area contributed by atoms with E-state index in [0.717, 1.165) is 75.2 Å². The predicted octanol–water partition coefficient (Wildman–Crippen LogP) is 3.04. The molecule has 166 valence electrons. The first-order valence-electron chi connectivity index (χ1n) is 10.8. The van der Waals surface area contributed by atoms with Crippen molar-refractivity contribution in [1.29, 1.82) is 0 Å². The van der Waals surface area contributed by atoms with Crippen LogP contribution < -0.4 is 15.0 Å². The number of hydrogen-bond acceptors (Lipinski definition) is 7. The number of likely N-dealkylation sites (tertiary alicyclic amines) is 1. The van der Waals surface area contributed by atoms with Crippen LogP contribution in [0.2, 0.25) is 0 Å². The lowest BCUT2D eigenvalue weighted by Gasteiger charge is -2.31. The van der Waals surface area contributed by atoms with Gasteiger partial charge >= 0.3 is 0 Å². The maximum Gasteiger partial charge on any atom is 0.251 e. The Morgan fingerprint density at radius 3 is 2.81 bits per heavy atom. The average molecular weight is 443 g/mol. The minimum Gasteiger partial charge on any atom is -0.496 e. The van der Waals surface area contributed by atoms with Crippen LogP contribution in [0.4, 0.5) is 5.13 Å². The third-order valence-electron chi connectivity index (χ3n) is 5.82. The largest absolute Gasteiger partial charge is 0.496 e.